The number of nitrogens with zero attached hydrogens (tertiary/aromatic N) is 1. The van der Waals surface area contributed by atoms with Crippen LogP contribution in [-0.2, 0) is 12.6 Å². The van der Waals surface area contributed by atoms with Crippen molar-refractivity contribution < 1.29 is 13.2 Å². The highest BCUT2D eigenvalue weighted by Crippen LogP contribution is 2.32. The molecule has 0 bridgehead atoms. The van der Waals surface area contributed by atoms with Crippen LogP contribution in [0.15, 0.2) is 30.4 Å². The zero-order valence-electron chi connectivity index (χ0n) is 9.43. The molecule has 90 valence electrons. The molecule has 0 saturated carbocycles. The first kappa shape index (κ1) is 13.3. The fourth-order valence-corrected chi connectivity index (χ4v) is 1.44. The lowest BCUT2D eigenvalue weighted by Crippen LogP contribution is -2.08. The topological polar surface area (TPSA) is 23.8 Å². The summed E-state index contributed by atoms with van der Waals surface area (Å²) in [6.45, 7) is 5.53. The molecule has 1 aromatic carbocycles. The lowest BCUT2D eigenvalue weighted by molar-refractivity contribution is -0.137. The Labute approximate surface area is 98.2 Å². The van der Waals surface area contributed by atoms with Gasteiger partial charge in [0.15, 0.2) is 0 Å². The van der Waals surface area contributed by atoms with Crippen LogP contribution in [0.25, 0.3) is 0 Å². The fraction of sp³-hybridized carbons (Fsp3) is 0.308. The van der Waals surface area contributed by atoms with Gasteiger partial charge in [0, 0.05) is 0 Å². The second kappa shape index (κ2) is 5.05. The lowest BCUT2D eigenvalue weighted by atomic mass is 10.00. The van der Waals surface area contributed by atoms with Crippen LogP contribution >= 0.6 is 0 Å². The molecule has 0 spiro atoms. The molecule has 0 aliphatic rings. The number of aryl methyl sites for hydroxylation is 1. The van der Waals surface area contributed by atoms with Gasteiger partial charge in [-0.05, 0) is 37.5 Å². The van der Waals surface area contributed by atoms with E-state index < -0.39 is 11.7 Å². The normalized spacial score (nSPS) is 11.0. The summed E-state index contributed by atoms with van der Waals surface area (Å²) in [7, 11) is 0. The first-order chi connectivity index (χ1) is 7.84. The molecule has 0 atom stereocenters. The number of allylic oxidation sites excluding steroid dienone is 1. The van der Waals surface area contributed by atoms with Crippen molar-refractivity contribution in [2.24, 2.45) is 0 Å². The minimum Gasteiger partial charge on any atom is -0.192 e. The van der Waals surface area contributed by atoms with Crippen molar-refractivity contribution >= 4 is 0 Å². The molecule has 0 N–H and O–H groups in total. The summed E-state index contributed by atoms with van der Waals surface area (Å²) in [6.07, 6.45) is -3.34. The van der Waals surface area contributed by atoms with Gasteiger partial charge in [-0.3, -0.25) is 0 Å². The zero-order chi connectivity index (χ0) is 13.1. The predicted molar refractivity (Wildman–Crippen MR) is 59.3 cm³/mol. The van der Waals surface area contributed by atoms with Gasteiger partial charge in [-0.1, -0.05) is 11.6 Å². The van der Waals surface area contributed by atoms with E-state index in [9.17, 15) is 13.2 Å². The maximum Gasteiger partial charge on any atom is 0.417 e. The summed E-state index contributed by atoms with van der Waals surface area (Å²) >= 11 is 0. The number of nitriles is 1. The van der Waals surface area contributed by atoms with Gasteiger partial charge in [-0.25, -0.2) is 0 Å². The van der Waals surface area contributed by atoms with Crippen LogP contribution in [0.3, 0.4) is 0 Å². The molecule has 1 aromatic rings. The average Bonchev–Trinajstić information content (AvgIpc) is 2.24. The fourth-order valence-electron chi connectivity index (χ4n) is 1.44. The predicted octanol–water partition coefficient (Wildman–Crippen LogP) is 4.09. The van der Waals surface area contributed by atoms with Gasteiger partial charge >= 0.3 is 6.18 Å². The molecule has 17 heavy (non-hydrogen) atoms. The third-order valence-corrected chi connectivity index (χ3v) is 2.35. The summed E-state index contributed by atoms with van der Waals surface area (Å²) in [5.74, 6) is 0. The molecule has 0 aliphatic carbocycles. The van der Waals surface area contributed by atoms with Gasteiger partial charge < -0.3 is 0 Å². The van der Waals surface area contributed by atoms with Gasteiger partial charge in [0.05, 0.1) is 17.2 Å². The van der Waals surface area contributed by atoms with Gasteiger partial charge in [0.1, 0.15) is 0 Å². The Balaban J connectivity index is 3.06. The van der Waals surface area contributed by atoms with Gasteiger partial charge in [0.2, 0.25) is 0 Å². The van der Waals surface area contributed by atoms with Crippen molar-refractivity contribution in [3.8, 4) is 6.07 Å². The number of halogens is 3. The Kier molecular flexibility index (Phi) is 3.95. The quantitative estimate of drug-likeness (QED) is 0.729. The van der Waals surface area contributed by atoms with E-state index in [4.69, 9.17) is 5.26 Å². The van der Waals surface area contributed by atoms with Crippen LogP contribution in [0.1, 0.15) is 30.0 Å². The number of benzene rings is 1. The number of rotatable bonds is 3. The van der Waals surface area contributed by atoms with Gasteiger partial charge in [-0.15, -0.1) is 6.58 Å². The Morgan fingerprint density at radius 1 is 1.41 bits per heavy atom. The van der Waals surface area contributed by atoms with Crippen molar-refractivity contribution in [2.75, 3.05) is 0 Å². The van der Waals surface area contributed by atoms with Gasteiger partial charge in [-0.2, -0.15) is 18.4 Å². The minimum atomic E-state index is -4.48. The maximum absolute atomic E-state index is 12.6. The molecule has 0 aromatic heterocycles. The molecule has 0 heterocycles. The second-order valence-electron chi connectivity index (χ2n) is 3.95. The smallest absolute Gasteiger partial charge is 0.192 e. The van der Waals surface area contributed by atoms with Crippen molar-refractivity contribution in [1.29, 1.82) is 5.26 Å². The van der Waals surface area contributed by atoms with Crippen LogP contribution in [0.2, 0.25) is 0 Å². The van der Waals surface area contributed by atoms with Crippen LogP contribution in [0, 0.1) is 11.3 Å². The Hall–Kier alpha value is -1.76. The summed E-state index contributed by atoms with van der Waals surface area (Å²) in [6, 6.07) is 5.37. The van der Waals surface area contributed by atoms with Crippen molar-refractivity contribution in [2.45, 2.75) is 25.9 Å². The van der Waals surface area contributed by atoms with Crippen LogP contribution in [-0.4, -0.2) is 0 Å². The first-order valence-electron chi connectivity index (χ1n) is 5.09. The molecule has 0 amide bonds. The third kappa shape index (κ3) is 3.63. The molecule has 0 radical (unpaired) electrons. The van der Waals surface area contributed by atoms with E-state index in [-0.39, 0.29) is 5.56 Å². The van der Waals surface area contributed by atoms with E-state index in [1.54, 1.807) is 12.1 Å². The standard InChI is InChI=1S/C13H12F3N/c1-9(2)3-4-10-5-6-11(8-17)12(7-10)13(14,15)16/h5-7H,1,3-4H2,2H3. The van der Waals surface area contributed by atoms with E-state index in [0.717, 1.165) is 11.6 Å². The Bertz CT molecular complexity index is 467. The van der Waals surface area contributed by atoms with Gasteiger partial charge in [0.25, 0.3) is 0 Å². The Morgan fingerprint density at radius 2 is 2.06 bits per heavy atom. The van der Waals surface area contributed by atoms with Crippen molar-refractivity contribution in [1.82, 2.24) is 0 Å². The molecule has 0 aliphatic heterocycles. The van der Waals surface area contributed by atoms with Crippen LogP contribution in [0.4, 0.5) is 13.2 Å². The molecule has 0 saturated heterocycles. The van der Waals surface area contributed by atoms with E-state index in [1.165, 1.54) is 6.07 Å². The average molecular weight is 239 g/mol. The van der Waals surface area contributed by atoms with E-state index >= 15 is 0 Å². The zero-order valence-corrected chi connectivity index (χ0v) is 9.43. The largest absolute Gasteiger partial charge is 0.417 e. The highest BCUT2D eigenvalue weighted by molar-refractivity contribution is 5.42. The summed E-state index contributed by atoms with van der Waals surface area (Å²) in [4.78, 5) is 0. The molecular formula is C13H12F3N. The molecule has 4 heteroatoms. The molecule has 1 nitrogen and oxygen atoms in total. The highest BCUT2D eigenvalue weighted by atomic mass is 19.4. The maximum atomic E-state index is 12.6. The number of alkyl halides is 3. The lowest BCUT2D eigenvalue weighted by Gasteiger charge is -2.10. The van der Waals surface area contributed by atoms with Crippen LogP contribution < -0.4 is 0 Å². The number of hydrogen-bond donors (Lipinski definition) is 0. The second-order valence-corrected chi connectivity index (χ2v) is 3.95. The van der Waals surface area contributed by atoms with E-state index in [0.29, 0.717) is 18.4 Å². The number of hydrogen-bond acceptors (Lipinski definition) is 1. The van der Waals surface area contributed by atoms with E-state index in [1.807, 2.05) is 6.92 Å². The molecule has 0 unspecified atom stereocenters. The molecular weight excluding hydrogens is 227 g/mol. The van der Waals surface area contributed by atoms with Crippen molar-refractivity contribution in [3.05, 3.63) is 47.0 Å². The Morgan fingerprint density at radius 3 is 2.53 bits per heavy atom. The summed E-state index contributed by atoms with van der Waals surface area (Å²) in [5, 5.41) is 8.63. The SMILES string of the molecule is C=C(C)CCc1ccc(C#N)c(C(F)(F)F)c1. The minimum absolute atomic E-state index is 0.337. The van der Waals surface area contributed by atoms with Crippen LogP contribution in [0.5, 0.6) is 0 Å². The monoisotopic (exact) mass is 239 g/mol. The van der Waals surface area contributed by atoms with E-state index in [2.05, 4.69) is 6.58 Å². The molecule has 1 rings (SSSR count). The van der Waals surface area contributed by atoms with Crippen molar-refractivity contribution in [3.63, 3.8) is 0 Å². The highest BCUT2D eigenvalue weighted by Gasteiger charge is 2.33. The summed E-state index contributed by atoms with van der Waals surface area (Å²) < 4.78 is 37.9. The first-order valence-corrected chi connectivity index (χ1v) is 5.09. The summed E-state index contributed by atoms with van der Waals surface area (Å²) in [5.41, 5.74) is 0.290. The molecule has 0 fully saturated rings. The third-order valence-electron chi connectivity index (χ3n) is 2.35.